The fourth-order valence-corrected chi connectivity index (χ4v) is 3.37. The molecule has 2 amide bonds. The van der Waals surface area contributed by atoms with E-state index in [1.807, 2.05) is 11.0 Å². The van der Waals surface area contributed by atoms with E-state index < -0.39 is 6.10 Å². The second-order valence-corrected chi connectivity index (χ2v) is 7.20. The minimum atomic E-state index is -0.709. The van der Waals surface area contributed by atoms with Crippen LogP contribution in [-0.4, -0.2) is 59.0 Å². The molecule has 2 aromatic heterocycles. The maximum absolute atomic E-state index is 12.4. The number of nitrogens with one attached hydrogen (secondary N) is 3. The van der Waals surface area contributed by atoms with Gasteiger partial charge in [0.25, 0.3) is 11.5 Å². The molecule has 0 unspecified atom stereocenters. The van der Waals surface area contributed by atoms with Crippen LogP contribution in [0, 0.1) is 0 Å². The number of para-hydroxylation sites is 1. The molecule has 0 spiro atoms. The topological polar surface area (TPSA) is 130 Å². The number of aromatic nitrogens is 2. The first-order valence-electron chi connectivity index (χ1n) is 9.97. The molecule has 1 aliphatic heterocycles. The van der Waals surface area contributed by atoms with Crippen molar-refractivity contribution in [3.63, 3.8) is 0 Å². The van der Waals surface area contributed by atoms with Crippen molar-refractivity contribution in [3.8, 4) is 0 Å². The van der Waals surface area contributed by atoms with Crippen molar-refractivity contribution in [2.24, 2.45) is 0 Å². The number of rotatable bonds is 7. The summed E-state index contributed by atoms with van der Waals surface area (Å²) in [6, 6.07) is 10.6. The third kappa shape index (κ3) is 5.36. The summed E-state index contributed by atoms with van der Waals surface area (Å²) in [7, 11) is 0. The molecule has 10 nitrogen and oxygen atoms in total. The summed E-state index contributed by atoms with van der Waals surface area (Å²) in [6.07, 6.45) is 0.817. The van der Waals surface area contributed by atoms with Crippen LogP contribution in [0.5, 0.6) is 0 Å². The van der Waals surface area contributed by atoms with E-state index in [1.165, 1.54) is 6.26 Å². The summed E-state index contributed by atoms with van der Waals surface area (Å²) < 4.78 is 10.7. The number of carbonyl (C=O) groups is 2. The first-order valence-corrected chi connectivity index (χ1v) is 9.97. The lowest BCUT2D eigenvalue weighted by molar-refractivity contribution is -0.140. The number of amides is 2. The van der Waals surface area contributed by atoms with Gasteiger partial charge in [0.05, 0.1) is 43.4 Å². The van der Waals surface area contributed by atoms with Crippen molar-refractivity contribution in [2.45, 2.75) is 19.2 Å². The van der Waals surface area contributed by atoms with E-state index in [0.29, 0.717) is 48.7 Å². The van der Waals surface area contributed by atoms with Gasteiger partial charge in [-0.2, -0.15) is 0 Å². The third-order valence-electron chi connectivity index (χ3n) is 4.94. The largest absolute Gasteiger partial charge is 0.467 e. The Kier molecular flexibility index (Phi) is 6.39. The van der Waals surface area contributed by atoms with Crippen LogP contribution in [0.1, 0.15) is 11.6 Å². The highest BCUT2D eigenvalue weighted by molar-refractivity contribution is 5.87. The molecule has 162 valence electrons. The zero-order valence-electron chi connectivity index (χ0n) is 16.8. The van der Waals surface area contributed by atoms with E-state index in [2.05, 4.69) is 20.6 Å². The van der Waals surface area contributed by atoms with Crippen molar-refractivity contribution in [3.05, 3.63) is 64.6 Å². The molecule has 1 atom stereocenters. The quantitative estimate of drug-likeness (QED) is 0.491. The number of fused-ring (bicyclic) bond motifs is 1. The van der Waals surface area contributed by atoms with Gasteiger partial charge in [-0.15, -0.1) is 0 Å². The number of ether oxygens (including phenoxy) is 1. The predicted octanol–water partition coefficient (Wildman–Crippen LogP) is 0.150. The molecule has 1 aromatic carbocycles. The lowest BCUT2D eigenvalue weighted by atomic mass is 10.2. The third-order valence-corrected chi connectivity index (χ3v) is 4.94. The van der Waals surface area contributed by atoms with Gasteiger partial charge >= 0.3 is 0 Å². The Labute approximate surface area is 177 Å². The van der Waals surface area contributed by atoms with Crippen LogP contribution in [0.15, 0.2) is 51.9 Å². The summed E-state index contributed by atoms with van der Waals surface area (Å²) in [4.78, 5) is 45.9. The number of H-pyrrole nitrogens is 1. The van der Waals surface area contributed by atoms with E-state index in [-0.39, 0.29) is 30.5 Å². The van der Waals surface area contributed by atoms with Crippen molar-refractivity contribution in [2.75, 3.05) is 26.2 Å². The maximum atomic E-state index is 12.4. The summed E-state index contributed by atoms with van der Waals surface area (Å²) in [6.45, 7) is 1.78. The fourth-order valence-electron chi connectivity index (χ4n) is 3.37. The van der Waals surface area contributed by atoms with Gasteiger partial charge in [-0.05, 0) is 24.3 Å². The monoisotopic (exact) mass is 425 g/mol. The second-order valence-electron chi connectivity index (χ2n) is 7.20. The van der Waals surface area contributed by atoms with Crippen LogP contribution in [-0.2, 0) is 27.4 Å². The van der Waals surface area contributed by atoms with E-state index in [1.54, 1.807) is 30.3 Å². The number of nitrogens with zero attached hydrogens (tertiary/aromatic N) is 2. The van der Waals surface area contributed by atoms with Crippen LogP contribution >= 0.6 is 0 Å². The van der Waals surface area contributed by atoms with Gasteiger partial charge in [0, 0.05) is 13.1 Å². The number of furan rings is 1. The number of morpholine rings is 1. The highest BCUT2D eigenvalue weighted by atomic mass is 16.5. The van der Waals surface area contributed by atoms with E-state index in [4.69, 9.17) is 9.15 Å². The highest BCUT2D eigenvalue weighted by Gasteiger charge is 2.27. The molecule has 0 aliphatic carbocycles. The number of hydrogen-bond donors (Lipinski definition) is 3. The lowest BCUT2D eigenvalue weighted by Gasteiger charge is -2.31. The molecule has 1 aliphatic rings. The molecule has 3 heterocycles. The van der Waals surface area contributed by atoms with Crippen molar-refractivity contribution >= 4 is 22.7 Å². The van der Waals surface area contributed by atoms with Crippen LogP contribution in [0.25, 0.3) is 10.9 Å². The molecule has 1 fully saturated rings. The molecular formula is C21H23N5O5. The van der Waals surface area contributed by atoms with Gasteiger partial charge in [0.1, 0.15) is 17.7 Å². The number of aromatic amines is 1. The van der Waals surface area contributed by atoms with Crippen LogP contribution in [0.3, 0.4) is 0 Å². The summed E-state index contributed by atoms with van der Waals surface area (Å²) >= 11 is 0. The Balaban J connectivity index is 1.28. The zero-order valence-corrected chi connectivity index (χ0v) is 16.8. The Hall–Kier alpha value is -3.50. The minimum absolute atomic E-state index is 0.154. The first kappa shape index (κ1) is 20.8. The molecule has 1 saturated heterocycles. The molecule has 0 radical (unpaired) electrons. The Morgan fingerprint density at radius 2 is 2.06 bits per heavy atom. The summed E-state index contributed by atoms with van der Waals surface area (Å²) in [5, 5.41) is 5.80. The van der Waals surface area contributed by atoms with Gasteiger partial charge in [-0.1, -0.05) is 12.1 Å². The van der Waals surface area contributed by atoms with Gasteiger partial charge < -0.3 is 24.8 Å². The normalized spacial score (nSPS) is 16.8. The molecule has 4 rings (SSSR count). The fraction of sp³-hybridized carbons (Fsp3) is 0.333. The minimum Gasteiger partial charge on any atom is -0.467 e. The van der Waals surface area contributed by atoms with Crippen molar-refractivity contribution in [1.82, 2.24) is 25.5 Å². The zero-order chi connectivity index (χ0) is 21.6. The number of carbonyl (C=O) groups excluding carboxylic acids is 2. The SMILES string of the molecule is O=C(CNC(=O)[C@@H]1CN(Cc2nc3ccccc3c(=O)[nH]2)CCO1)NCc1ccco1. The molecule has 0 saturated carbocycles. The standard InChI is InChI=1S/C21H23N5O5/c27-19(22-10-14-4-3-8-30-14)11-23-21(29)17-12-26(7-9-31-17)13-18-24-16-6-2-1-5-15(16)20(28)25-18/h1-6,8,17H,7,9-13H2,(H,22,27)(H,23,29)(H,24,25,28)/t17-/m0/s1. The highest BCUT2D eigenvalue weighted by Crippen LogP contribution is 2.10. The van der Waals surface area contributed by atoms with Crippen LogP contribution in [0.4, 0.5) is 0 Å². The maximum Gasteiger partial charge on any atom is 0.258 e. The molecule has 31 heavy (non-hydrogen) atoms. The average Bonchev–Trinajstić information content (AvgIpc) is 3.30. The summed E-state index contributed by atoms with van der Waals surface area (Å²) in [5.41, 5.74) is 0.438. The van der Waals surface area contributed by atoms with Gasteiger partial charge in [0.2, 0.25) is 5.91 Å². The first-order chi connectivity index (χ1) is 15.1. The summed E-state index contributed by atoms with van der Waals surface area (Å²) in [5.74, 6) is 0.474. The predicted molar refractivity (Wildman–Crippen MR) is 111 cm³/mol. The Bertz CT molecular complexity index is 1110. The van der Waals surface area contributed by atoms with E-state index >= 15 is 0 Å². The van der Waals surface area contributed by atoms with Crippen LogP contribution < -0.4 is 16.2 Å². The van der Waals surface area contributed by atoms with E-state index in [9.17, 15) is 14.4 Å². The van der Waals surface area contributed by atoms with Gasteiger partial charge in [0.15, 0.2) is 0 Å². The van der Waals surface area contributed by atoms with E-state index in [0.717, 1.165) is 0 Å². The Morgan fingerprint density at radius 3 is 2.90 bits per heavy atom. The van der Waals surface area contributed by atoms with Crippen LogP contribution in [0.2, 0.25) is 0 Å². The number of benzene rings is 1. The number of hydrogen-bond acceptors (Lipinski definition) is 7. The average molecular weight is 425 g/mol. The second kappa shape index (κ2) is 9.54. The Morgan fingerprint density at radius 1 is 1.19 bits per heavy atom. The van der Waals surface area contributed by atoms with Crippen molar-refractivity contribution < 1.29 is 18.7 Å². The molecular weight excluding hydrogens is 402 g/mol. The molecule has 3 N–H and O–H groups in total. The van der Waals surface area contributed by atoms with Gasteiger partial charge in [-0.25, -0.2) is 4.98 Å². The molecule has 10 heteroatoms. The molecule has 0 bridgehead atoms. The smallest absolute Gasteiger partial charge is 0.258 e. The molecule has 3 aromatic rings. The van der Waals surface area contributed by atoms with Crippen molar-refractivity contribution in [1.29, 1.82) is 0 Å². The van der Waals surface area contributed by atoms with Gasteiger partial charge in [-0.3, -0.25) is 19.3 Å². The lowest BCUT2D eigenvalue weighted by Crippen LogP contribution is -2.51.